The summed E-state index contributed by atoms with van der Waals surface area (Å²) in [5, 5.41) is 0. The largest absolute Gasteiger partial charge is 0.342 e. The van der Waals surface area contributed by atoms with Crippen LogP contribution in [0.15, 0.2) is 0 Å². The van der Waals surface area contributed by atoms with Crippen LogP contribution in [0.3, 0.4) is 0 Å². The van der Waals surface area contributed by atoms with Crippen molar-refractivity contribution in [3.63, 3.8) is 0 Å². The molecule has 0 aromatic heterocycles. The molecule has 2 amide bonds. The average molecular weight is 336 g/mol. The van der Waals surface area contributed by atoms with E-state index in [0.717, 1.165) is 71.6 Å². The standard InChI is InChI=1S/C18H32N4O2/c1-16-5-4-8-22(13-16)18(24)15-20-11-9-19(10-12-20)14-17(23)21-6-2-3-7-21/h16H,2-15H2,1H3. The van der Waals surface area contributed by atoms with E-state index in [1.807, 2.05) is 9.80 Å². The molecular formula is C18H32N4O2. The first kappa shape index (κ1) is 17.7. The number of amides is 2. The second-order valence-corrected chi connectivity index (χ2v) is 7.73. The Balaban J connectivity index is 1.37. The highest BCUT2D eigenvalue weighted by Crippen LogP contribution is 2.16. The maximum atomic E-state index is 12.5. The van der Waals surface area contributed by atoms with Crippen LogP contribution >= 0.6 is 0 Å². The molecule has 0 aliphatic carbocycles. The quantitative estimate of drug-likeness (QED) is 0.749. The molecular weight excluding hydrogens is 304 g/mol. The van der Waals surface area contributed by atoms with E-state index in [1.54, 1.807) is 0 Å². The Morgan fingerprint density at radius 2 is 1.25 bits per heavy atom. The molecule has 0 aromatic rings. The number of hydrogen-bond donors (Lipinski definition) is 0. The van der Waals surface area contributed by atoms with E-state index in [-0.39, 0.29) is 11.8 Å². The summed E-state index contributed by atoms with van der Waals surface area (Å²) in [5.41, 5.74) is 0. The lowest BCUT2D eigenvalue weighted by atomic mass is 10.0. The summed E-state index contributed by atoms with van der Waals surface area (Å²) >= 11 is 0. The monoisotopic (exact) mass is 336 g/mol. The highest BCUT2D eigenvalue weighted by atomic mass is 16.2. The predicted octanol–water partition coefficient (Wildman–Crippen LogP) is 0.485. The maximum absolute atomic E-state index is 12.5. The molecule has 3 saturated heterocycles. The van der Waals surface area contributed by atoms with Crippen molar-refractivity contribution in [1.82, 2.24) is 19.6 Å². The predicted molar refractivity (Wildman–Crippen MR) is 93.7 cm³/mol. The van der Waals surface area contributed by atoms with Crippen LogP contribution in [0.5, 0.6) is 0 Å². The highest BCUT2D eigenvalue weighted by molar-refractivity contribution is 5.79. The molecule has 0 saturated carbocycles. The Hall–Kier alpha value is -1.14. The van der Waals surface area contributed by atoms with Crippen LogP contribution in [0.25, 0.3) is 0 Å². The molecule has 0 spiro atoms. The minimum absolute atomic E-state index is 0.277. The van der Waals surface area contributed by atoms with Crippen molar-refractivity contribution in [3.05, 3.63) is 0 Å². The molecule has 0 radical (unpaired) electrons. The van der Waals surface area contributed by atoms with Gasteiger partial charge in [-0.25, -0.2) is 0 Å². The summed E-state index contributed by atoms with van der Waals surface area (Å²) in [5.74, 6) is 1.19. The van der Waals surface area contributed by atoms with E-state index in [1.165, 1.54) is 6.42 Å². The second-order valence-electron chi connectivity index (χ2n) is 7.73. The zero-order valence-corrected chi connectivity index (χ0v) is 15.1. The van der Waals surface area contributed by atoms with Crippen LogP contribution in [0.4, 0.5) is 0 Å². The lowest BCUT2D eigenvalue weighted by Gasteiger charge is -2.37. The number of carbonyl (C=O) groups is 2. The first-order valence-corrected chi connectivity index (χ1v) is 9.62. The van der Waals surface area contributed by atoms with E-state index in [4.69, 9.17) is 0 Å². The van der Waals surface area contributed by atoms with Gasteiger partial charge in [-0.05, 0) is 31.6 Å². The van der Waals surface area contributed by atoms with Crippen LogP contribution in [-0.4, -0.2) is 96.9 Å². The Kier molecular flexibility index (Phi) is 6.11. The zero-order chi connectivity index (χ0) is 16.9. The molecule has 1 unspecified atom stereocenters. The van der Waals surface area contributed by atoms with Gasteiger partial charge in [0.25, 0.3) is 0 Å². The van der Waals surface area contributed by atoms with Crippen LogP contribution in [0.1, 0.15) is 32.6 Å². The minimum Gasteiger partial charge on any atom is -0.342 e. The van der Waals surface area contributed by atoms with Gasteiger partial charge in [-0.1, -0.05) is 6.92 Å². The Labute approximate surface area is 145 Å². The Morgan fingerprint density at radius 1 is 0.750 bits per heavy atom. The van der Waals surface area contributed by atoms with Crippen LogP contribution in [0, 0.1) is 5.92 Å². The molecule has 136 valence electrons. The van der Waals surface area contributed by atoms with Crippen molar-refractivity contribution in [2.24, 2.45) is 5.92 Å². The molecule has 3 fully saturated rings. The maximum Gasteiger partial charge on any atom is 0.236 e. The molecule has 24 heavy (non-hydrogen) atoms. The van der Waals surface area contributed by atoms with Crippen LogP contribution in [-0.2, 0) is 9.59 Å². The molecule has 0 aromatic carbocycles. The topological polar surface area (TPSA) is 47.1 Å². The second kappa shape index (κ2) is 8.30. The smallest absolute Gasteiger partial charge is 0.236 e. The van der Waals surface area contributed by atoms with E-state index in [2.05, 4.69) is 16.7 Å². The van der Waals surface area contributed by atoms with Gasteiger partial charge in [0, 0.05) is 52.4 Å². The fourth-order valence-corrected chi connectivity index (χ4v) is 4.07. The third kappa shape index (κ3) is 4.70. The first-order chi connectivity index (χ1) is 11.6. The number of piperidine rings is 1. The van der Waals surface area contributed by atoms with Crippen molar-refractivity contribution >= 4 is 11.8 Å². The van der Waals surface area contributed by atoms with Gasteiger partial charge in [-0.15, -0.1) is 0 Å². The van der Waals surface area contributed by atoms with Gasteiger partial charge in [0.05, 0.1) is 13.1 Å². The van der Waals surface area contributed by atoms with Gasteiger partial charge >= 0.3 is 0 Å². The lowest BCUT2D eigenvalue weighted by molar-refractivity contribution is -0.135. The highest BCUT2D eigenvalue weighted by Gasteiger charge is 2.26. The summed E-state index contributed by atoms with van der Waals surface area (Å²) in [6.45, 7) is 10.6. The van der Waals surface area contributed by atoms with Crippen molar-refractivity contribution < 1.29 is 9.59 Å². The van der Waals surface area contributed by atoms with E-state index in [9.17, 15) is 9.59 Å². The van der Waals surface area contributed by atoms with Gasteiger partial charge in [0.2, 0.25) is 11.8 Å². The fraction of sp³-hybridized carbons (Fsp3) is 0.889. The van der Waals surface area contributed by atoms with Gasteiger partial charge < -0.3 is 9.80 Å². The minimum atomic E-state index is 0.277. The van der Waals surface area contributed by atoms with E-state index >= 15 is 0 Å². The molecule has 3 heterocycles. The number of nitrogens with zero attached hydrogens (tertiary/aromatic N) is 4. The van der Waals surface area contributed by atoms with Crippen LogP contribution in [0.2, 0.25) is 0 Å². The molecule has 0 bridgehead atoms. The van der Waals surface area contributed by atoms with E-state index in [0.29, 0.717) is 19.0 Å². The summed E-state index contributed by atoms with van der Waals surface area (Å²) in [6, 6.07) is 0. The number of hydrogen-bond acceptors (Lipinski definition) is 4. The zero-order valence-electron chi connectivity index (χ0n) is 15.1. The first-order valence-electron chi connectivity index (χ1n) is 9.62. The van der Waals surface area contributed by atoms with Gasteiger partial charge in [-0.2, -0.15) is 0 Å². The molecule has 3 aliphatic rings. The third-order valence-electron chi connectivity index (χ3n) is 5.65. The molecule has 3 aliphatic heterocycles. The molecule has 1 atom stereocenters. The Bertz CT molecular complexity index is 442. The summed E-state index contributed by atoms with van der Waals surface area (Å²) < 4.78 is 0. The van der Waals surface area contributed by atoms with Crippen molar-refractivity contribution in [2.45, 2.75) is 32.6 Å². The van der Waals surface area contributed by atoms with Crippen LogP contribution < -0.4 is 0 Å². The third-order valence-corrected chi connectivity index (χ3v) is 5.65. The van der Waals surface area contributed by atoms with Crippen molar-refractivity contribution in [1.29, 1.82) is 0 Å². The summed E-state index contributed by atoms with van der Waals surface area (Å²) in [6.07, 6.45) is 4.68. The van der Waals surface area contributed by atoms with Gasteiger partial charge in [-0.3, -0.25) is 19.4 Å². The van der Waals surface area contributed by atoms with Crippen molar-refractivity contribution in [2.75, 3.05) is 65.4 Å². The normalized spacial score (nSPS) is 26.8. The van der Waals surface area contributed by atoms with Gasteiger partial charge in [0.1, 0.15) is 0 Å². The SMILES string of the molecule is CC1CCCN(C(=O)CN2CCN(CC(=O)N3CCCC3)CC2)C1. The van der Waals surface area contributed by atoms with E-state index < -0.39 is 0 Å². The lowest BCUT2D eigenvalue weighted by Crippen LogP contribution is -2.52. The summed E-state index contributed by atoms with van der Waals surface area (Å²) in [7, 11) is 0. The Morgan fingerprint density at radius 3 is 1.79 bits per heavy atom. The molecule has 6 nitrogen and oxygen atoms in total. The summed E-state index contributed by atoms with van der Waals surface area (Å²) in [4.78, 5) is 33.2. The number of rotatable bonds is 4. The number of carbonyl (C=O) groups excluding carboxylic acids is 2. The average Bonchev–Trinajstić information content (AvgIpc) is 3.11. The molecule has 3 rings (SSSR count). The number of likely N-dealkylation sites (tertiary alicyclic amines) is 2. The van der Waals surface area contributed by atoms with Gasteiger partial charge in [0.15, 0.2) is 0 Å². The fourth-order valence-electron chi connectivity index (χ4n) is 4.07. The molecule has 0 N–H and O–H groups in total. The molecule has 6 heteroatoms. The van der Waals surface area contributed by atoms with Crippen molar-refractivity contribution in [3.8, 4) is 0 Å². The number of piperazine rings is 1.